The summed E-state index contributed by atoms with van der Waals surface area (Å²) in [5.74, 6) is 2.39. The molecule has 0 aromatic carbocycles. The normalized spacial score (nSPS) is 12.2. The number of hydrogen-bond donors (Lipinski definition) is 0. The average molecular weight is 112 g/mol. The Balaban J connectivity index is 3.23. The van der Waals surface area contributed by atoms with Crippen LogP contribution in [0.5, 0.6) is 0 Å². The molecule has 46 valence electrons. The molecule has 0 fully saturated rings. The number of rotatable bonds is 3. The zero-order valence-electron chi connectivity index (χ0n) is 5.48. The molecule has 1 nitrogen and oxygen atoms in total. The molecule has 1 heteroatoms. The Morgan fingerprint density at radius 3 is 2.75 bits per heavy atom. The third-order valence-electron chi connectivity index (χ3n) is 1.30. The van der Waals surface area contributed by atoms with Crippen molar-refractivity contribution in [3.8, 4) is 0 Å². The molecule has 0 saturated carbocycles. The summed E-state index contributed by atoms with van der Waals surface area (Å²) in [6.07, 6.45) is 3.56. The largest absolute Gasteiger partial charge is 0.234 e. The predicted molar refractivity (Wildman–Crippen MR) is 34.3 cm³/mol. The number of allylic oxidation sites excluding steroid dienone is 1. The van der Waals surface area contributed by atoms with E-state index in [0.717, 1.165) is 12.8 Å². The Bertz CT molecular complexity index is 90.6. The van der Waals surface area contributed by atoms with E-state index >= 15 is 0 Å². The Hall–Kier alpha value is -0.550. The first-order valence-electron chi connectivity index (χ1n) is 3.00. The van der Waals surface area contributed by atoms with E-state index in [-0.39, 0.29) is 0 Å². The molecule has 8 heavy (non-hydrogen) atoms. The minimum atomic E-state index is 0.636. The fourth-order valence-electron chi connectivity index (χ4n) is 0.416. The van der Waals surface area contributed by atoms with Crippen LogP contribution in [-0.4, -0.2) is 5.94 Å². The monoisotopic (exact) mass is 112 g/mol. The van der Waals surface area contributed by atoms with Gasteiger partial charge in [0, 0.05) is 6.08 Å². The van der Waals surface area contributed by atoms with E-state index in [0.29, 0.717) is 5.92 Å². The van der Waals surface area contributed by atoms with Crippen molar-refractivity contribution in [1.29, 1.82) is 0 Å². The van der Waals surface area contributed by atoms with Crippen molar-refractivity contribution in [2.45, 2.75) is 26.7 Å². The van der Waals surface area contributed by atoms with Crippen molar-refractivity contribution < 1.29 is 4.79 Å². The van der Waals surface area contributed by atoms with Crippen molar-refractivity contribution in [3.05, 3.63) is 6.08 Å². The highest BCUT2D eigenvalue weighted by Gasteiger charge is 1.92. The van der Waals surface area contributed by atoms with Crippen LogP contribution in [0, 0.1) is 5.92 Å². The Morgan fingerprint density at radius 2 is 2.38 bits per heavy atom. The third-order valence-corrected chi connectivity index (χ3v) is 1.30. The van der Waals surface area contributed by atoms with Gasteiger partial charge in [0.2, 0.25) is 0 Å². The minimum absolute atomic E-state index is 0.636. The van der Waals surface area contributed by atoms with E-state index in [9.17, 15) is 4.79 Å². The van der Waals surface area contributed by atoms with Crippen LogP contribution in [0.15, 0.2) is 6.08 Å². The van der Waals surface area contributed by atoms with Crippen LogP contribution < -0.4 is 0 Å². The lowest BCUT2D eigenvalue weighted by Crippen LogP contribution is -1.87. The van der Waals surface area contributed by atoms with Gasteiger partial charge in [-0.05, 0) is 12.3 Å². The van der Waals surface area contributed by atoms with Gasteiger partial charge in [-0.15, -0.1) is 0 Å². The van der Waals surface area contributed by atoms with Crippen LogP contribution in [-0.2, 0) is 4.79 Å². The highest BCUT2D eigenvalue weighted by atomic mass is 16.1. The first-order valence-corrected chi connectivity index (χ1v) is 3.00. The van der Waals surface area contributed by atoms with Gasteiger partial charge in [-0.1, -0.05) is 20.3 Å². The van der Waals surface area contributed by atoms with Crippen molar-refractivity contribution in [2.24, 2.45) is 5.92 Å². The van der Waals surface area contributed by atoms with Crippen molar-refractivity contribution in [1.82, 2.24) is 0 Å². The summed E-state index contributed by atoms with van der Waals surface area (Å²) in [5, 5.41) is 0. The standard InChI is InChI=1S/C7H12O/c1-3-7(2)5-4-6-8/h4,7H,3,5H2,1-2H3. The summed E-state index contributed by atoms with van der Waals surface area (Å²) in [6, 6.07) is 0. The molecular weight excluding hydrogens is 100 g/mol. The fraction of sp³-hybridized carbons (Fsp3) is 0.714. The maximum absolute atomic E-state index is 9.64. The molecule has 0 spiro atoms. The van der Waals surface area contributed by atoms with Crippen molar-refractivity contribution in [3.63, 3.8) is 0 Å². The molecular formula is C7H12O. The van der Waals surface area contributed by atoms with Crippen LogP contribution in [0.2, 0.25) is 0 Å². The first-order chi connectivity index (χ1) is 3.81. The molecule has 0 saturated heterocycles. The van der Waals surface area contributed by atoms with Gasteiger partial charge < -0.3 is 0 Å². The molecule has 0 aliphatic heterocycles. The summed E-state index contributed by atoms with van der Waals surface area (Å²) in [5.41, 5.74) is 0. The second kappa shape index (κ2) is 4.61. The zero-order chi connectivity index (χ0) is 6.41. The highest BCUT2D eigenvalue weighted by molar-refractivity contribution is 5.44. The topological polar surface area (TPSA) is 17.1 Å². The Morgan fingerprint density at radius 1 is 1.75 bits per heavy atom. The molecule has 1 atom stereocenters. The van der Waals surface area contributed by atoms with Gasteiger partial charge in [0.1, 0.15) is 5.94 Å². The molecule has 0 aromatic rings. The van der Waals surface area contributed by atoms with Gasteiger partial charge in [0.05, 0.1) is 0 Å². The van der Waals surface area contributed by atoms with Crippen LogP contribution >= 0.6 is 0 Å². The van der Waals surface area contributed by atoms with Crippen molar-refractivity contribution in [2.75, 3.05) is 0 Å². The molecule has 0 amide bonds. The summed E-state index contributed by atoms with van der Waals surface area (Å²) in [4.78, 5) is 9.64. The van der Waals surface area contributed by atoms with Crippen LogP contribution in [0.3, 0.4) is 0 Å². The van der Waals surface area contributed by atoms with Crippen molar-refractivity contribution >= 4 is 5.94 Å². The molecule has 1 unspecified atom stereocenters. The molecule has 0 aliphatic rings. The Labute approximate surface area is 50.4 Å². The van der Waals surface area contributed by atoms with E-state index < -0.39 is 0 Å². The quantitative estimate of drug-likeness (QED) is 0.509. The number of carbonyl (C=O) groups excluding carboxylic acids is 1. The number of hydrogen-bond acceptors (Lipinski definition) is 1. The molecule has 0 N–H and O–H groups in total. The molecule has 0 bridgehead atoms. The lowest BCUT2D eigenvalue weighted by atomic mass is 10.1. The van der Waals surface area contributed by atoms with E-state index in [1.54, 1.807) is 12.0 Å². The summed E-state index contributed by atoms with van der Waals surface area (Å²) in [6.45, 7) is 4.23. The lowest BCUT2D eigenvalue weighted by Gasteiger charge is -1.99. The first kappa shape index (κ1) is 7.45. The molecule has 0 aromatic heterocycles. The minimum Gasteiger partial charge on any atom is -0.234 e. The zero-order valence-corrected chi connectivity index (χ0v) is 5.48. The Kier molecular flexibility index (Phi) is 4.29. The van der Waals surface area contributed by atoms with E-state index in [4.69, 9.17) is 0 Å². The lowest BCUT2D eigenvalue weighted by molar-refractivity contribution is 0.555. The SMILES string of the molecule is CCC(C)CC=C=O. The van der Waals surface area contributed by atoms with Gasteiger partial charge in [-0.25, -0.2) is 4.79 Å². The van der Waals surface area contributed by atoms with E-state index in [1.165, 1.54) is 0 Å². The summed E-state index contributed by atoms with van der Waals surface area (Å²) < 4.78 is 0. The van der Waals surface area contributed by atoms with Crippen LogP contribution in [0.25, 0.3) is 0 Å². The van der Waals surface area contributed by atoms with Crippen LogP contribution in [0.1, 0.15) is 26.7 Å². The maximum Gasteiger partial charge on any atom is 0.120 e. The van der Waals surface area contributed by atoms with E-state index in [2.05, 4.69) is 13.8 Å². The highest BCUT2D eigenvalue weighted by Crippen LogP contribution is 2.04. The average Bonchev–Trinajstić information content (AvgIpc) is 1.83. The second-order valence-electron chi connectivity index (χ2n) is 2.07. The van der Waals surface area contributed by atoms with Gasteiger partial charge in [0.25, 0.3) is 0 Å². The maximum atomic E-state index is 9.64. The van der Waals surface area contributed by atoms with Crippen LogP contribution in [0.4, 0.5) is 0 Å². The van der Waals surface area contributed by atoms with Gasteiger partial charge in [0.15, 0.2) is 0 Å². The predicted octanol–water partition coefficient (Wildman–Crippen LogP) is 1.81. The molecule has 0 radical (unpaired) electrons. The molecule has 0 heterocycles. The molecule has 0 aliphatic carbocycles. The van der Waals surface area contributed by atoms with Gasteiger partial charge in [-0.2, -0.15) is 0 Å². The smallest absolute Gasteiger partial charge is 0.120 e. The van der Waals surface area contributed by atoms with E-state index in [1.807, 2.05) is 0 Å². The fourth-order valence-corrected chi connectivity index (χ4v) is 0.416. The third kappa shape index (κ3) is 3.63. The molecule has 0 rings (SSSR count). The van der Waals surface area contributed by atoms with Gasteiger partial charge >= 0.3 is 0 Å². The summed E-state index contributed by atoms with van der Waals surface area (Å²) in [7, 11) is 0. The summed E-state index contributed by atoms with van der Waals surface area (Å²) >= 11 is 0. The second-order valence-corrected chi connectivity index (χ2v) is 2.07. The van der Waals surface area contributed by atoms with Gasteiger partial charge in [-0.3, -0.25) is 0 Å².